The van der Waals surface area contributed by atoms with Crippen molar-refractivity contribution in [2.24, 2.45) is 0 Å². The van der Waals surface area contributed by atoms with Gasteiger partial charge in [0.2, 0.25) is 0 Å². The topological polar surface area (TPSA) is 54.6 Å². The number of amides is 1. The number of ether oxygens (including phenoxy) is 2. The van der Waals surface area contributed by atoms with Crippen LogP contribution in [-0.4, -0.2) is 36.1 Å². The number of hydrogen-bond acceptors (Lipinski definition) is 3. The van der Waals surface area contributed by atoms with E-state index in [1.807, 2.05) is 53.6 Å². The van der Waals surface area contributed by atoms with Gasteiger partial charge in [0.05, 0.1) is 13.7 Å². The highest BCUT2D eigenvalue weighted by Gasteiger charge is 2.23. The maximum absolute atomic E-state index is 12.7. The Bertz CT molecular complexity index is 1210. The highest BCUT2D eigenvalue weighted by atomic mass is 16.5. The number of carbonyl (C=O) groups excluding carboxylic acids is 1. The number of aromatic amines is 1. The van der Waals surface area contributed by atoms with Gasteiger partial charge in [0.1, 0.15) is 11.5 Å². The molecule has 0 atom stereocenters. The zero-order valence-corrected chi connectivity index (χ0v) is 16.3. The normalized spacial score (nSPS) is 14.0. The maximum atomic E-state index is 12.7. The molecule has 0 radical (unpaired) electrons. The van der Waals surface area contributed by atoms with Gasteiger partial charge in [-0.3, -0.25) is 4.79 Å². The summed E-state index contributed by atoms with van der Waals surface area (Å²) >= 11 is 0. The van der Waals surface area contributed by atoms with Crippen molar-refractivity contribution in [3.8, 4) is 11.5 Å². The lowest BCUT2D eigenvalue weighted by atomic mass is 10.0. The number of methoxy groups -OCH3 is 1. The molecule has 29 heavy (non-hydrogen) atoms. The lowest BCUT2D eigenvalue weighted by molar-refractivity contribution is -0.133. The van der Waals surface area contributed by atoms with Crippen molar-refractivity contribution in [3.63, 3.8) is 0 Å². The molecule has 1 aliphatic heterocycles. The smallest absolute Gasteiger partial charge is 0.260 e. The molecule has 1 N–H and O–H groups in total. The fraction of sp³-hybridized carbons (Fsp3) is 0.208. The molecule has 1 aromatic heterocycles. The molecule has 1 aliphatic rings. The fourth-order valence-corrected chi connectivity index (χ4v) is 4.07. The molecule has 4 aromatic rings. The summed E-state index contributed by atoms with van der Waals surface area (Å²) in [4.78, 5) is 17.9. The van der Waals surface area contributed by atoms with Gasteiger partial charge >= 0.3 is 0 Å². The highest BCUT2D eigenvalue weighted by Crippen LogP contribution is 2.31. The first kappa shape index (κ1) is 17.6. The number of nitrogens with one attached hydrogen (secondary N) is 1. The number of carbonyl (C=O) groups is 1. The van der Waals surface area contributed by atoms with Crippen molar-refractivity contribution in [1.29, 1.82) is 0 Å². The molecule has 0 saturated heterocycles. The van der Waals surface area contributed by atoms with Crippen LogP contribution in [0.1, 0.15) is 11.1 Å². The molecule has 0 aliphatic carbocycles. The summed E-state index contributed by atoms with van der Waals surface area (Å²) < 4.78 is 11.2. The summed E-state index contributed by atoms with van der Waals surface area (Å²) in [6, 6.07) is 18.3. The van der Waals surface area contributed by atoms with Crippen LogP contribution in [-0.2, 0) is 17.8 Å². The molecule has 2 heterocycles. The van der Waals surface area contributed by atoms with E-state index in [4.69, 9.17) is 9.47 Å². The number of aromatic nitrogens is 1. The zero-order valence-electron chi connectivity index (χ0n) is 16.3. The van der Waals surface area contributed by atoms with Gasteiger partial charge in [0.25, 0.3) is 5.91 Å². The van der Waals surface area contributed by atoms with Crippen molar-refractivity contribution in [1.82, 2.24) is 9.88 Å². The Labute approximate surface area is 168 Å². The third-order valence-corrected chi connectivity index (χ3v) is 5.68. The number of hydrogen-bond donors (Lipinski definition) is 1. The first-order valence-electron chi connectivity index (χ1n) is 9.78. The number of nitrogens with zero attached hydrogens (tertiary/aromatic N) is 1. The number of benzene rings is 3. The molecule has 0 fully saturated rings. The second-order valence-electron chi connectivity index (χ2n) is 7.34. The molecule has 0 bridgehead atoms. The molecule has 1 amide bonds. The molecule has 0 spiro atoms. The fourth-order valence-electron chi connectivity index (χ4n) is 4.07. The van der Waals surface area contributed by atoms with E-state index in [2.05, 4.69) is 17.1 Å². The first-order chi connectivity index (χ1) is 14.2. The summed E-state index contributed by atoms with van der Waals surface area (Å²) in [5, 5.41) is 3.43. The van der Waals surface area contributed by atoms with Crippen LogP contribution >= 0.6 is 0 Å². The Kier molecular flexibility index (Phi) is 4.35. The van der Waals surface area contributed by atoms with Crippen molar-refractivity contribution in [3.05, 3.63) is 71.9 Å². The van der Waals surface area contributed by atoms with E-state index in [1.54, 1.807) is 7.11 Å². The second-order valence-corrected chi connectivity index (χ2v) is 7.34. The van der Waals surface area contributed by atoms with E-state index < -0.39 is 0 Å². The van der Waals surface area contributed by atoms with E-state index >= 15 is 0 Å². The highest BCUT2D eigenvalue weighted by molar-refractivity contribution is 5.89. The van der Waals surface area contributed by atoms with Crippen LogP contribution in [0.15, 0.2) is 60.8 Å². The van der Waals surface area contributed by atoms with Gasteiger partial charge in [-0.05, 0) is 47.0 Å². The van der Waals surface area contributed by atoms with Crippen molar-refractivity contribution in [2.45, 2.75) is 13.0 Å². The summed E-state index contributed by atoms with van der Waals surface area (Å²) in [6.45, 7) is 1.27. The van der Waals surface area contributed by atoms with E-state index in [9.17, 15) is 4.79 Å². The quantitative estimate of drug-likeness (QED) is 0.569. The van der Waals surface area contributed by atoms with Crippen LogP contribution in [0.3, 0.4) is 0 Å². The monoisotopic (exact) mass is 386 g/mol. The Balaban J connectivity index is 1.43. The largest absolute Gasteiger partial charge is 0.497 e. The van der Waals surface area contributed by atoms with Crippen LogP contribution in [0.5, 0.6) is 11.5 Å². The van der Waals surface area contributed by atoms with Crippen LogP contribution in [0.2, 0.25) is 0 Å². The second kappa shape index (κ2) is 7.17. The minimum Gasteiger partial charge on any atom is -0.497 e. The van der Waals surface area contributed by atoms with Crippen LogP contribution < -0.4 is 9.47 Å². The number of fused-ring (bicyclic) bond motifs is 4. The van der Waals surface area contributed by atoms with E-state index in [1.165, 1.54) is 5.56 Å². The Morgan fingerprint density at radius 3 is 2.90 bits per heavy atom. The van der Waals surface area contributed by atoms with E-state index in [0.717, 1.165) is 45.2 Å². The van der Waals surface area contributed by atoms with E-state index in [0.29, 0.717) is 13.1 Å². The molecular weight excluding hydrogens is 364 g/mol. The third-order valence-electron chi connectivity index (χ3n) is 5.68. The third kappa shape index (κ3) is 3.18. The molecule has 0 unspecified atom stereocenters. The van der Waals surface area contributed by atoms with Gasteiger partial charge in [-0.2, -0.15) is 0 Å². The molecule has 0 saturated carbocycles. The summed E-state index contributed by atoms with van der Waals surface area (Å²) in [5.74, 6) is 1.65. The standard InChI is InChI=1S/C24H22N2O3/c1-28-18-7-8-22-20(12-18)17(13-25-22)10-11-26-14-21-19-5-3-2-4-16(19)6-9-23(21)29-15-24(26)27/h2-9,12-13,25H,10-11,14-15H2,1H3. The average Bonchev–Trinajstić information content (AvgIpc) is 3.09. The van der Waals surface area contributed by atoms with Gasteiger partial charge in [-0.1, -0.05) is 30.3 Å². The van der Waals surface area contributed by atoms with Gasteiger partial charge in [0.15, 0.2) is 6.61 Å². The van der Waals surface area contributed by atoms with Crippen LogP contribution in [0.4, 0.5) is 0 Å². The minimum absolute atomic E-state index is 0.0164. The molecule has 5 nitrogen and oxygen atoms in total. The molecule has 5 rings (SSSR count). The number of rotatable bonds is 4. The van der Waals surface area contributed by atoms with Gasteiger partial charge in [-0.15, -0.1) is 0 Å². The summed E-state index contributed by atoms with van der Waals surface area (Å²) in [6.07, 6.45) is 2.78. The zero-order chi connectivity index (χ0) is 19.8. The predicted molar refractivity (Wildman–Crippen MR) is 113 cm³/mol. The minimum atomic E-state index is 0.0164. The molecular formula is C24H22N2O3. The Morgan fingerprint density at radius 1 is 1.10 bits per heavy atom. The molecule has 146 valence electrons. The van der Waals surface area contributed by atoms with Crippen molar-refractivity contribution < 1.29 is 14.3 Å². The average molecular weight is 386 g/mol. The molecule has 5 heteroatoms. The van der Waals surface area contributed by atoms with Crippen LogP contribution in [0.25, 0.3) is 21.7 Å². The lowest BCUT2D eigenvalue weighted by Crippen LogP contribution is -2.34. The predicted octanol–water partition coefficient (Wildman–Crippen LogP) is 4.29. The summed E-state index contributed by atoms with van der Waals surface area (Å²) in [5.41, 5.74) is 3.33. The van der Waals surface area contributed by atoms with E-state index in [-0.39, 0.29) is 12.5 Å². The van der Waals surface area contributed by atoms with Crippen molar-refractivity contribution >= 4 is 27.6 Å². The van der Waals surface area contributed by atoms with Crippen LogP contribution in [0, 0.1) is 0 Å². The number of H-pyrrole nitrogens is 1. The lowest BCUT2D eigenvalue weighted by Gasteiger charge is -2.20. The molecule has 3 aromatic carbocycles. The summed E-state index contributed by atoms with van der Waals surface area (Å²) in [7, 11) is 1.67. The Hall–Kier alpha value is -3.47. The Morgan fingerprint density at radius 2 is 2.00 bits per heavy atom. The van der Waals surface area contributed by atoms with Gasteiger partial charge in [-0.25, -0.2) is 0 Å². The van der Waals surface area contributed by atoms with Gasteiger partial charge < -0.3 is 19.4 Å². The maximum Gasteiger partial charge on any atom is 0.260 e. The van der Waals surface area contributed by atoms with Gasteiger partial charge in [0, 0.05) is 29.2 Å². The van der Waals surface area contributed by atoms with Crippen molar-refractivity contribution in [2.75, 3.05) is 20.3 Å². The first-order valence-corrected chi connectivity index (χ1v) is 9.78. The SMILES string of the molecule is COc1ccc2[nH]cc(CCN3Cc4c(ccc5ccccc45)OCC3=O)c2c1.